The van der Waals surface area contributed by atoms with Gasteiger partial charge in [-0.2, -0.15) is 0 Å². The minimum absolute atomic E-state index is 0.183. The average molecular weight is 258 g/mol. The van der Waals surface area contributed by atoms with Crippen molar-refractivity contribution in [3.05, 3.63) is 30.5 Å². The number of rotatable bonds is 3. The van der Waals surface area contributed by atoms with Gasteiger partial charge in [0.25, 0.3) is 0 Å². The van der Waals surface area contributed by atoms with Crippen LogP contribution in [0.25, 0.3) is 10.8 Å². The normalized spacial score (nSPS) is 19.1. The van der Waals surface area contributed by atoms with Crippen LogP contribution in [0.1, 0.15) is 12.8 Å². The van der Waals surface area contributed by atoms with Crippen molar-refractivity contribution in [2.45, 2.75) is 18.9 Å². The van der Waals surface area contributed by atoms with E-state index in [0.29, 0.717) is 0 Å². The van der Waals surface area contributed by atoms with Crippen molar-refractivity contribution in [3.8, 4) is 5.75 Å². The molecule has 0 aliphatic carbocycles. The lowest BCUT2D eigenvalue weighted by Gasteiger charge is -2.25. The predicted molar refractivity (Wildman–Crippen MR) is 75.7 cm³/mol. The molecule has 0 spiro atoms. The van der Waals surface area contributed by atoms with Crippen molar-refractivity contribution < 1.29 is 9.84 Å². The maximum atomic E-state index is 9.48. The van der Waals surface area contributed by atoms with E-state index in [0.717, 1.165) is 41.7 Å². The second-order valence-electron chi connectivity index (χ2n) is 4.86. The highest BCUT2D eigenvalue weighted by Crippen LogP contribution is 2.33. The standard InChI is InChI=1S/C15H18N2O2/c1-19-14-6-2-5-13-12(14)7-8-16-15(13)17-9-3-4-11(17)10-18/h2,5-8,11,18H,3-4,9-10H2,1H3. The van der Waals surface area contributed by atoms with Crippen LogP contribution in [0.5, 0.6) is 5.75 Å². The van der Waals surface area contributed by atoms with E-state index in [1.54, 1.807) is 7.11 Å². The lowest BCUT2D eigenvalue weighted by molar-refractivity contribution is 0.266. The van der Waals surface area contributed by atoms with E-state index >= 15 is 0 Å². The first kappa shape index (κ1) is 12.2. The molecule has 4 heteroatoms. The molecule has 1 aliphatic heterocycles. The van der Waals surface area contributed by atoms with Crippen LogP contribution in [-0.2, 0) is 0 Å². The van der Waals surface area contributed by atoms with Crippen molar-refractivity contribution in [1.82, 2.24) is 4.98 Å². The molecule has 3 rings (SSSR count). The maximum absolute atomic E-state index is 9.48. The molecule has 0 saturated carbocycles. The summed E-state index contributed by atoms with van der Waals surface area (Å²) < 4.78 is 5.40. The second-order valence-corrected chi connectivity index (χ2v) is 4.86. The van der Waals surface area contributed by atoms with Gasteiger partial charge in [0.1, 0.15) is 11.6 Å². The fourth-order valence-corrected chi connectivity index (χ4v) is 2.87. The minimum atomic E-state index is 0.183. The molecule has 1 unspecified atom stereocenters. The van der Waals surface area contributed by atoms with Crippen LogP contribution in [0.3, 0.4) is 0 Å². The summed E-state index contributed by atoms with van der Waals surface area (Å²) in [7, 11) is 1.68. The Morgan fingerprint density at radius 2 is 2.26 bits per heavy atom. The number of hydrogen-bond donors (Lipinski definition) is 1. The quantitative estimate of drug-likeness (QED) is 0.916. The number of aromatic nitrogens is 1. The highest BCUT2D eigenvalue weighted by atomic mass is 16.5. The van der Waals surface area contributed by atoms with Crippen LogP contribution in [0.4, 0.5) is 5.82 Å². The average Bonchev–Trinajstić information content (AvgIpc) is 2.94. The molecule has 1 fully saturated rings. The number of aliphatic hydroxyl groups is 1. The van der Waals surface area contributed by atoms with E-state index in [9.17, 15) is 5.11 Å². The Morgan fingerprint density at radius 3 is 3.05 bits per heavy atom. The van der Waals surface area contributed by atoms with Crippen LogP contribution in [0.15, 0.2) is 30.5 Å². The first-order valence-electron chi connectivity index (χ1n) is 6.64. The Labute approximate surface area is 112 Å². The molecular weight excluding hydrogens is 240 g/mol. The molecule has 1 aromatic heterocycles. The van der Waals surface area contributed by atoms with Crippen LogP contribution in [0.2, 0.25) is 0 Å². The Morgan fingerprint density at radius 1 is 1.37 bits per heavy atom. The lowest BCUT2D eigenvalue weighted by Crippen LogP contribution is -2.32. The fraction of sp³-hybridized carbons (Fsp3) is 0.400. The first-order valence-corrected chi connectivity index (χ1v) is 6.64. The Bertz CT molecular complexity index is 585. The highest BCUT2D eigenvalue weighted by molar-refractivity contribution is 5.96. The molecule has 1 saturated heterocycles. The molecule has 1 aromatic carbocycles. The third-order valence-corrected chi connectivity index (χ3v) is 3.82. The molecule has 19 heavy (non-hydrogen) atoms. The van der Waals surface area contributed by atoms with E-state index in [-0.39, 0.29) is 12.6 Å². The summed E-state index contributed by atoms with van der Waals surface area (Å²) in [6, 6.07) is 8.16. The number of hydrogen-bond acceptors (Lipinski definition) is 4. The number of methoxy groups -OCH3 is 1. The number of benzene rings is 1. The number of anilines is 1. The second kappa shape index (κ2) is 5.05. The zero-order valence-corrected chi connectivity index (χ0v) is 11.0. The third kappa shape index (κ3) is 2.02. The predicted octanol–water partition coefficient (Wildman–Crippen LogP) is 2.20. The number of ether oxygens (including phenoxy) is 1. The van der Waals surface area contributed by atoms with E-state index in [2.05, 4.69) is 16.0 Å². The lowest BCUT2D eigenvalue weighted by atomic mass is 10.1. The van der Waals surface area contributed by atoms with Crippen LogP contribution >= 0.6 is 0 Å². The molecule has 1 N–H and O–H groups in total. The van der Waals surface area contributed by atoms with Gasteiger partial charge in [-0.15, -0.1) is 0 Å². The Balaban J connectivity index is 2.14. The topological polar surface area (TPSA) is 45.6 Å². The smallest absolute Gasteiger partial charge is 0.136 e. The molecule has 0 amide bonds. The number of pyridine rings is 1. The van der Waals surface area contributed by atoms with Gasteiger partial charge in [0.2, 0.25) is 0 Å². The molecule has 0 radical (unpaired) electrons. The zero-order valence-electron chi connectivity index (χ0n) is 11.0. The van der Waals surface area contributed by atoms with Gasteiger partial charge in [0.05, 0.1) is 19.8 Å². The Hall–Kier alpha value is -1.81. The van der Waals surface area contributed by atoms with Crippen LogP contribution < -0.4 is 9.64 Å². The van der Waals surface area contributed by atoms with Crippen molar-refractivity contribution >= 4 is 16.6 Å². The molecule has 1 aliphatic rings. The first-order chi connectivity index (χ1) is 9.35. The molecule has 2 heterocycles. The van der Waals surface area contributed by atoms with Gasteiger partial charge in [-0.05, 0) is 25.0 Å². The van der Waals surface area contributed by atoms with E-state index in [1.165, 1.54) is 0 Å². The van der Waals surface area contributed by atoms with Crippen LogP contribution in [0, 0.1) is 0 Å². The summed E-state index contributed by atoms with van der Waals surface area (Å²) in [5.41, 5.74) is 0. The summed E-state index contributed by atoms with van der Waals surface area (Å²) in [5.74, 6) is 1.81. The minimum Gasteiger partial charge on any atom is -0.496 e. The van der Waals surface area contributed by atoms with E-state index < -0.39 is 0 Å². The Kier molecular flexibility index (Phi) is 3.25. The van der Waals surface area contributed by atoms with Gasteiger partial charge < -0.3 is 14.7 Å². The SMILES string of the molecule is COc1cccc2c(N3CCCC3CO)nccc12. The van der Waals surface area contributed by atoms with Gasteiger partial charge in [0, 0.05) is 23.5 Å². The van der Waals surface area contributed by atoms with Gasteiger partial charge in [-0.25, -0.2) is 4.98 Å². The van der Waals surface area contributed by atoms with Crippen molar-refractivity contribution in [1.29, 1.82) is 0 Å². The molecule has 2 aromatic rings. The summed E-state index contributed by atoms with van der Waals surface area (Å²) >= 11 is 0. The van der Waals surface area contributed by atoms with Gasteiger partial charge in [-0.1, -0.05) is 12.1 Å². The summed E-state index contributed by atoms with van der Waals surface area (Å²) in [6.07, 6.45) is 3.94. The van der Waals surface area contributed by atoms with E-state index in [1.807, 2.05) is 24.4 Å². The molecule has 4 nitrogen and oxygen atoms in total. The van der Waals surface area contributed by atoms with E-state index in [4.69, 9.17) is 4.74 Å². The number of aliphatic hydroxyl groups excluding tert-OH is 1. The largest absolute Gasteiger partial charge is 0.496 e. The monoisotopic (exact) mass is 258 g/mol. The highest BCUT2D eigenvalue weighted by Gasteiger charge is 2.26. The van der Waals surface area contributed by atoms with Gasteiger partial charge in [-0.3, -0.25) is 0 Å². The molecule has 1 atom stereocenters. The van der Waals surface area contributed by atoms with Crippen molar-refractivity contribution in [2.75, 3.05) is 25.2 Å². The van der Waals surface area contributed by atoms with Crippen molar-refractivity contribution in [3.63, 3.8) is 0 Å². The van der Waals surface area contributed by atoms with Gasteiger partial charge in [0.15, 0.2) is 0 Å². The summed E-state index contributed by atoms with van der Waals surface area (Å²) in [5, 5.41) is 11.6. The maximum Gasteiger partial charge on any atom is 0.136 e. The summed E-state index contributed by atoms with van der Waals surface area (Å²) in [6.45, 7) is 1.14. The molecular formula is C15H18N2O2. The summed E-state index contributed by atoms with van der Waals surface area (Å²) in [4.78, 5) is 6.73. The molecule has 0 bridgehead atoms. The van der Waals surface area contributed by atoms with Gasteiger partial charge >= 0.3 is 0 Å². The zero-order chi connectivity index (χ0) is 13.2. The number of nitrogens with zero attached hydrogens (tertiary/aromatic N) is 2. The molecule has 100 valence electrons. The third-order valence-electron chi connectivity index (χ3n) is 3.82. The fourth-order valence-electron chi connectivity index (χ4n) is 2.87. The number of fused-ring (bicyclic) bond motifs is 1. The van der Waals surface area contributed by atoms with Crippen molar-refractivity contribution in [2.24, 2.45) is 0 Å². The van der Waals surface area contributed by atoms with Crippen LogP contribution in [-0.4, -0.2) is 36.4 Å².